The first-order valence-electron chi connectivity index (χ1n) is 3.47. The molecule has 1 fully saturated rings. The third-order valence-electron chi connectivity index (χ3n) is 2.07. The highest BCUT2D eigenvalue weighted by Crippen LogP contribution is 2.50. The topological polar surface area (TPSA) is 46.5 Å². The summed E-state index contributed by atoms with van der Waals surface area (Å²) in [6.07, 6.45) is 2.77. The number of esters is 1. The van der Waals surface area contributed by atoms with E-state index in [1.807, 2.05) is 6.26 Å². The van der Waals surface area contributed by atoms with E-state index in [0.717, 1.165) is 12.8 Å². The second-order valence-electron chi connectivity index (χ2n) is 2.69. The predicted octanol–water partition coefficient (Wildman–Crippen LogP) is 0.416. The average Bonchev–Trinajstić information content (AvgIpc) is 2.82. The van der Waals surface area contributed by atoms with E-state index in [0.29, 0.717) is 0 Å². The monoisotopic (exact) mass is 176 g/mol. The molecular formula is C7H12O3S. The first-order chi connectivity index (χ1) is 5.16. The summed E-state index contributed by atoms with van der Waals surface area (Å²) in [6.45, 7) is 0. The Morgan fingerprint density at radius 1 is 1.73 bits per heavy atom. The van der Waals surface area contributed by atoms with Crippen molar-refractivity contribution in [2.45, 2.75) is 23.7 Å². The van der Waals surface area contributed by atoms with E-state index in [1.165, 1.54) is 18.9 Å². The first kappa shape index (κ1) is 8.87. The number of ether oxygens (including phenoxy) is 1. The van der Waals surface area contributed by atoms with Gasteiger partial charge >= 0.3 is 5.97 Å². The van der Waals surface area contributed by atoms with Gasteiger partial charge in [0.05, 0.1) is 11.9 Å². The molecule has 1 aliphatic carbocycles. The van der Waals surface area contributed by atoms with Crippen molar-refractivity contribution in [2.24, 2.45) is 0 Å². The number of hydrogen-bond acceptors (Lipinski definition) is 4. The predicted molar refractivity (Wildman–Crippen MR) is 43.5 cm³/mol. The van der Waals surface area contributed by atoms with Crippen LogP contribution in [-0.2, 0) is 9.53 Å². The molecule has 11 heavy (non-hydrogen) atoms. The quantitative estimate of drug-likeness (QED) is 0.633. The molecule has 0 aromatic rings. The second kappa shape index (κ2) is 3.03. The van der Waals surface area contributed by atoms with E-state index < -0.39 is 12.1 Å². The molecule has 0 radical (unpaired) electrons. The van der Waals surface area contributed by atoms with Crippen LogP contribution in [-0.4, -0.2) is 35.3 Å². The number of thioether (sulfide) groups is 1. The van der Waals surface area contributed by atoms with Crippen LogP contribution in [0.5, 0.6) is 0 Å². The van der Waals surface area contributed by atoms with Gasteiger partial charge in [0.25, 0.3) is 0 Å². The molecule has 1 aliphatic rings. The summed E-state index contributed by atoms with van der Waals surface area (Å²) in [4.78, 5) is 10.9. The van der Waals surface area contributed by atoms with Gasteiger partial charge in [-0.05, 0) is 19.1 Å². The number of carbonyl (C=O) groups is 1. The molecular weight excluding hydrogens is 164 g/mol. The summed E-state index contributed by atoms with van der Waals surface area (Å²) in [5.74, 6) is -0.517. The fraction of sp³-hybridized carbons (Fsp3) is 0.857. The van der Waals surface area contributed by atoms with Gasteiger partial charge in [0.15, 0.2) is 6.10 Å². The van der Waals surface area contributed by atoms with Gasteiger partial charge in [-0.15, -0.1) is 0 Å². The molecule has 0 aliphatic heterocycles. The van der Waals surface area contributed by atoms with E-state index in [4.69, 9.17) is 0 Å². The highest BCUT2D eigenvalue weighted by atomic mass is 32.2. The van der Waals surface area contributed by atoms with Crippen molar-refractivity contribution in [2.75, 3.05) is 13.4 Å². The molecule has 0 heterocycles. The lowest BCUT2D eigenvalue weighted by molar-refractivity contribution is -0.150. The molecule has 0 aromatic heterocycles. The van der Waals surface area contributed by atoms with Crippen LogP contribution < -0.4 is 0 Å². The van der Waals surface area contributed by atoms with Crippen molar-refractivity contribution in [3.63, 3.8) is 0 Å². The van der Waals surface area contributed by atoms with E-state index in [-0.39, 0.29) is 4.75 Å². The van der Waals surface area contributed by atoms with Gasteiger partial charge in [-0.25, -0.2) is 4.79 Å². The van der Waals surface area contributed by atoms with Gasteiger partial charge < -0.3 is 9.84 Å². The third-order valence-corrected chi connectivity index (χ3v) is 3.52. The Bertz CT molecular complexity index is 165. The smallest absolute Gasteiger partial charge is 0.336 e. The summed E-state index contributed by atoms with van der Waals surface area (Å²) in [5, 5.41) is 9.41. The maximum atomic E-state index is 10.9. The van der Waals surface area contributed by atoms with Crippen molar-refractivity contribution >= 4 is 17.7 Å². The number of aliphatic hydroxyl groups excluding tert-OH is 1. The van der Waals surface area contributed by atoms with E-state index in [2.05, 4.69) is 4.74 Å². The minimum Gasteiger partial charge on any atom is -0.467 e. The lowest BCUT2D eigenvalue weighted by atomic mass is 10.2. The second-order valence-corrected chi connectivity index (χ2v) is 3.92. The lowest BCUT2D eigenvalue weighted by Crippen LogP contribution is -2.34. The zero-order chi connectivity index (χ0) is 8.48. The average molecular weight is 176 g/mol. The number of methoxy groups -OCH3 is 1. The first-order valence-corrected chi connectivity index (χ1v) is 4.70. The van der Waals surface area contributed by atoms with Crippen molar-refractivity contribution in [1.29, 1.82) is 0 Å². The molecule has 0 aromatic carbocycles. The SMILES string of the molecule is COC(=O)C(O)C1(SC)CC1. The number of aliphatic hydroxyl groups is 1. The molecule has 0 amide bonds. The normalized spacial score (nSPS) is 22.5. The van der Waals surface area contributed by atoms with E-state index in [9.17, 15) is 9.90 Å². The van der Waals surface area contributed by atoms with Crippen LogP contribution in [0.2, 0.25) is 0 Å². The van der Waals surface area contributed by atoms with Crippen molar-refractivity contribution in [3.8, 4) is 0 Å². The Kier molecular flexibility index (Phi) is 2.44. The molecule has 3 nitrogen and oxygen atoms in total. The largest absolute Gasteiger partial charge is 0.467 e. The number of carbonyl (C=O) groups excluding carboxylic acids is 1. The summed E-state index contributed by atoms with van der Waals surface area (Å²) >= 11 is 1.54. The van der Waals surface area contributed by atoms with Gasteiger partial charge in [0.2, 0.25) is 0 Å². The Morgan fingerprint density at radius 2 is 2.27 bits per heavy atom. The summed E-state index contributed by atoms with van der Waals surface area (Å²) < 4.78 is 4.21. The fourth-order valence-corrected chi connectivity index (χ4v) is 1.87. The minimum atomic E-state index is -0.942. The molecule has 1 N–H and O–H groups in total. The highest BCUT2D eigenvalue weighted by Gasteiger charge is 2.52. The van der Waals surface area contributed by atoms with Crippen LogP contribution in [0.4, 0.5) is 0 Å². The lowest BCUT2D eigenvalue weighted by Gasteiger charge is -2.16. The fourth-order valence-electron chi connectivity index (χ4n) is 1.04. The van der Waals surface area contributed by atoms with Crippen molar-refractivity contribution < 1.29 is 14.6 Å². The Hall–Kier alpha value is -0.220. The molecule has 1 rings (SSSR count). The zero-order valence-corrected chi connectivity index (χ0v) is 7.48. The van der Waals surface area contributed by atoms with Crippen molar-refractivity contribution in [1.82, 2.24) is 0 Å². The molecule has 1 atom stereocenters. The molecule has 4 heteroatoms. The Morgan fingerprint density at radius 3 is 2.55 bits per heavy atom. The maximum Gasteiger partial charge on any atom is 0.336 e. The summed E-state index contributed by atoms with van der Waals surface area (Å²) in [7, 11) is 1.29. The van der Waals surface area contributed by atoms with Crippen LogP contribution in [0, 0.1) is 0 Å². The van der Waals surface area contributed by atoms with Gasteiger partial charge in [0.1, 0.15) is 0 Å². The van der Waals surface area contributed by atoms with Crippen LogP contribution in [0.25, 0.3) is 0 Å². The molecule has 0 spiro atoms. The summed E-state index contributed by atoms with van der Waals surface area (Å²) in [5.41, 5.74) is 0. The molecule has 0 saturated heterocycles. The van der Waals surface area contributed by atoms with Crippen LogP contribution in [0.15, 0.2) is 0 Å². The molecule has 1 unspecified atom stereocenters. The van der Waals surface area contributed by atoms with E-state index >= 15 is 0 Å². The molecule has 1 saturated carbocycles. The standard InChI is InChI=1S/C7H12O3S/c1-10-6(9)5(8)7(11-2)3-4-7/h5,8H,3-4H2,1-2H3. The third kappa shape index (κ3) is 1.51. The zero-order valence-electron chi connectivity index (χ0n) is 6.66. The van der Waals surface area contributed by atoms with Gasteiger partial charge in [-0.2, -0.15) is 11.8 Å². The molecule has 0 bridgehead atoms. The molecule has 64 valence electrons. The van der Waals surface area contributed by atoms with Gasteiger partial charge in [-0.1, -0.05) is 0 Å². The van der Waals surface area contributed by atoms with Crippen LogP contribution >= 0.6 is 11.8 Å². The number of rotatable bonds is 3. The van der Waals surface area contributed by atoms with E-state index in [1.54, 1.807) is 0 Å². The van der Waals surface area contributed by atoms with Crippen LogP contribution in [0.3, 0.4) is 0 Å². The van der Waals surface area contributed by atoms with Gasteiger partial charge in [-0.3, -0.25) is 0 Å². The number of hydrogen-bond donors (Lipinski definition) is 1. The minimum absolute atomic E-state index is 0.229. The maximum absolute atomic E-state index is 10.9. The van der Waals surface area contributed by atoms with Gasteiger partial charge in [0, 0.05) is 0 Å². The van der Waals surface area contributed by atoms with Crippen molar-refractivity contribution in [3.05, 3.63) is 0 Å². The van der Waals surface area contributed by atoms with Crippen LogP contribution in [0.1, 0.15) is 12.8 Å². The Labute approximate surface area is 70.1 Å². The summed E-state index contributed by atoms with van der Waals surface area (Å²) in [6, 6.07) is 0. The Balaban J connectivity index is 2.53. The highest BCUT2D eigenvalue weighted by molar-refractivity contribution is 8.00.